The minimum atomic E-state index is -4.00. The summed E-state index contributed by atoms with van der Waals surface area (Å²) >= 11 is 0. The molecule has 0 radical (unpaired) electrons. The van der Waals surface area contributed by atoms with Crippen LogP contribution in [0.25, 0.3) is 0 Å². The average Bonchev–Trinajstić information content (AvgIpc) is 3.31. The molecule has 1 aromatic carbocycles. The predicted molar refractivity (Wildman–Crippen MR) is 82.9 cm³/mol. The lowest BCUT2D eigenvalue weighted by molar-refractivity contribution is -0.156. The van der Waals surface area contributed by atoms with Crippen molar-refractivity contribution in [2.75, 3.05) is 0 Å². The van der Waals surface area contributed by atoms with E-state index >= 15 is 0 Å². The van der Waals surface area contributed by atoms with Crippen molar-refractivity contribution in [2.45, 2.75) is 49.8 Å². The van der Waals surface area contributed by atoms with E-state index in [9.17, 15) is 22.4 Å². The zero-order valence-electron chi connectivity index (χ0n) is 13.3. The number of nitrogens with one attached hydrogen (secondary N) is 2. The molecular formula is C15H19FN2O5S. The van der Waals surface area contributed by atoms with Crippen molar-refractivity contribution in [3.63, 3.8) is 0 Å². The highest BCUT2D eigenvalue weighted by atomic mass is 32.2. The van der Waals surface area contributed by atoms with Gasteiger partial charge in [-0.3, -0.25) is 9.59 Å². The second-order valence-corrected chi connectivity index (χ2v) is 7.37. The number of halogens is 1. The van der Waals surface area contributed by atoms with Crippen LogP contribution >= 0.6 is 0 Å². The van der Waals surface area contributed by atoms with Gasteiger partial charge in [-0.1, -0.05) is 0 Å². The lowest BCUT2D eigenvalue weighted by atomic mass is 10.3. The number of esters is 1. The van der Waals surface area contributed by atoms with E-state index in [0.29, 0.717) is 0 Å². The van der Waals surface area contributed by atoms with Crippen molar-refractivity contribution in [2.24, 2.45) is 0 Å². The van der Waals surface area contributed by atoms with Crippen LogP contribution in [0, 0.1) is 5.82 Å². The van der Waals surface area contributed by atoms with Gasteiger partial charge >= 0.3 is 5.97 Å². The summed E-state index contributed by atoms with van der Waals surface area (Å²) in [5.41, 5.74) is 0. The molecule has 132 valence electrons. The topological polar surface area (TPSA) is 102 Å². The fourth-order valence-electron chi connectivity index (χ4n) is 1.84. The number of sulfonamides is 1. The number of amides is 1. The van der Waals surface area contributed by atoms with Crippen LogP contribution in [0.1, 0.15) is 26.7 Å². The van der Waals surface area contributed by atoms with Gasteiger partial charge in [-0.05, 0) is 51.0 Å². The number of carbonyl (C=O) groups excluding carboxylic acids is 2. The zero-order valence-corrected chi connectivity index (χ0v) is 14.1. The molecule has 1 aliphatic rings. The molecule has 0 saturated heterocycles. The fraction of sp³-hybridized carbons (Fsp3) is 0.467. The second kappa shape index (κ2) is 7.27. The zero-order chi connectivity index (χ0) is 17.9. The molecule has 1 fully saturated rings. The van der Waals surface area contributed by atoms with Crippen molar-refractivity contribution in [3.05, 3.63) is 30.1 Å². The Bertz CT molecular complexity index is 716. The standard InChI is InChI=1S/C15H19FN2O5S/c1-9(15(20)23-10(2)14(19)17-12-5-6-12)18-24(21,22)13-7-3-11(16)4-8-13/h3-4,7-10,12,18H,5-6H2,1-2H3,(H,17,19)/t9-,10-/m0/s1. The first kappa shape index (κ1) is 18.3. The summed E-state index contributed by atoms with van der Waals surface area (Å²) in [5.74, 6) is -1.87. The predicted octanol–water partition coefficient (Wildman–Crippen LogP) is 0.703. The number of carbonyl (C=O) groups is 2. The van der Waals surface area contributed by atoms with Crippen LogP contribution < -0.4 is 10.0 Å². The van der Waals surface area contributed by atoms with Crippen LogP contribution in [0.2, 0.25) is 0 Å². The van der Waals surface area contributed by atoms with Gasteiger partial charge < -0.3 is 10.1 Å². The summed E-state index contributed by atoms with van der Waals surface area (Å²) in [6.07, 6.45) is 0.788. The van der Waals surface area contributed by atoms with E-state index in [-0.39, 0.29) is 10.9 Å². The quantitative estimate of drug-likeness (QED) is 0.699. The summed E-state index contributed by atoms with van der Waals surface area (Å²) in [6, 6.07) is 3.11. The third-order valence-corrected chi connectivity index (χ3v) is 4.95. The van der Waals surface area contributed by atoms with Crippen molar-refractivity contribution in [3.8, 4) is 0 Å². The lowest BCUT2D eigenvalue weighted by Crippen LogP contribution is -2.43. The number of ether oxygens (including phenoxy) is 1. The smallest absolute Gasteiger partial charge is 0.324 e. The van der Waals surface area contributed by atoms with E-state index in [1.54, 1.807) is 0 Å². The fourth-order valence-corrected chi connectivity index (χ4v) is 3.03. The molecule has 0 aromatic heterocycles. The van der Waals surface area contributed by atoms with Crippen LogP contribution in [-0.4, -0.2) is 38.5 Å². The number of hydrogen-bond donors (Lipinski definition) is 2. The highest BCUT2D eigenvalue weighted by molar-refractivity contribution is 7.89. The van der Waals surface area contributed by atoms with Crippen molar-refractivity contribution in [1.82, 2.24) is 10.0 Å². The summed E-state index contributed by atoms with van der Waals surface area (Å²) in [4.78, 5) is 23.5. The third kappa shape index (κ3) is 5.00. The Balaban J connectivity index is 1.92. The summed E-state index contributed by atoms with van der Waals surface area (Å²) in [7, 11) is -4.00. The van der Waals surface area contributed by atoms with E-state index in [1.165, 1.54) is 13.8 Å². The minimum Gasteiger partial charge on any atom is -0.451 e. The Labute approximate surface area is 139 Å². The van der Waals surface area contributed by atoms with Gasteiger partial charge in [0.2, 0.25) is 10.0 Å². The maximum atomic E-state index is 12.9. The van der Waals surface area contributed by atoms with E-state index in [4.69, 9.17) is 4.74 Å². The molecule has 0 bridgehead atoms. The molecular weight excluding hydrogens is 339 g/mol. The molecule has 2 atom stereocenters. The first-order chi connectivity index (χ1) is 11.2. The van der Waals surface area contributed by atoms with Crippen LogP contribution in [-0.2, 0) is 24.3 Å². The molecule has 0 spiro atoms. The third-order valence-electron chi connectivity index (χ3n) is 3.40. The SMILES string of the molecule is C[C@H](NS(=O)(=O)c1ccc(F)cc1)C(=O)O[C@@H](C)C(=O)NC1CC1. The lowest BCUT2D eigenvalue weighted by Gasteiger charge is -2.17. The number of rotatable bonds is 7. The van der Waals surface area contributed by atoms with Gasteiger partial charge in [-0.15, -0.1) is 0 Å². The van der Waals surface area contributed by atoms with Gasteiger partial charge in [0.1, 0.15) is 11.9 Å². The highest BCUT2D eigenvalue weighted by Crippen LogP contribution is 2.19. The molecule has 2 rings (SSSR count). The molecule has 24 heavy (non-hydrogen) atoms. The molecule has 1 amide bonds. The Kier molecular flexibility index (Phi) is 5.55. The molecule has 9 heteroatoms. The molecule has 1 saturated carbocycles. The van der Waals surface area contributed by atoms with Gasteiger partial charge in [0, 0.05) is 6.04 Å². The van der Waals surface area contributed by atoms with Gasteiger partial charge in [0.25, 0.3) is 5.91 Å². The van der Waals surface area contributed by atoms with E-state index in [0.717, 1.165) is 37.1 Å². The van der Waals surface area contributed by atoms with E-state index < -0.39 is 39.9 Å². The van der Waals surface area contributed by atoms with Crippen LogP contribution in [0.15, 0.2) is 29.2 Å². The number of hydrogen-bond acceptors (Lipinski definition) is 5. The minimum absolute atomic E-state index is 0.132. The molecule has 0 aliphatic heterocycles. The highest BCUT2D eigenvalue weighted by Gasteiger charge is 2.29. The first-order valence-electron chi connectivity index (χ1n) is 7.48. The van der Waals surface area contributed by atoms with E-state index in [1.807, 2.05) is 0 Å². The van der Waals surface area contributed by atoms with Crippen molar-refractivity contribution in [1.29, 1.82) is 0 Å². The maximum absolute atomic E-state index is 12.9. The van der Waals surface area contributed by atoms with Gasteiger partial charge in [0.15, 0.2) is 6.10 Å². The molecule has 7 nitrogen and oxygen atoms in total. The van der Waals surface area contributed by atoms with E-state index in [2.05, 4.69) is 10.0 Å². The summed E-state index contributed by atoms with van der Waals surface area (Å²) in [5, 5.41) is 2.69. The second-order valence-electron chi connectivity index (χ2n) is 5.66. The molecule has 0 heterocycles. The summed E-state index contributed by atoms with van der Waals surface area (Å²) < 4.78 is 44.2. The Morgan fingerprint density at radius 2 is 1.79 bits per heavy atom. The van der Waals surface area contributed by atoms with Crippen LogP contribution in [0.3, 0.4) is 0 Å². The van der Waals surface area contributed by atoms with Crippen LogP contribution in [0.4, 0.5) is 4.39 Å². The number of benzene rings is 1. The summed E-state index contributed by atoms with van der Waals surface area (Å²) in [6.45, 7) is 2.71. The van der Waals surface area contributed by atoms with Crippen LogP contribution in [0.5, 0.6) is 0 Å². The first-order valence-corrected chi connectivity index (χ1v) is 8.96. The Morgan fingerprint density at radius 1 is 1.21 bits per heavy atom. The maximum Gasteiger partial charge on any atom is 0.324 e. The monoisotopic (exact) mass is 358 g/mol. The molecule has 0 unspecified atom stereocenters. The Morgan fingerprint density at radius 3 is 2.33 bits per heavy atom. The van der Waals surface area contributed by atoms with Crippen molar-refractivity contribution >= 4 is 21.9 Å². The van der Waals surface area contributed by atoms with Gasteiger partial charge in [-0.25, -0.2) is 12.8 Å². The van der Waals surface area contributed by atoms with Gasteiger partial charge in [0.05, 0.1) is 4.90 Å². The largest absolute Gasteiger partial charge is 0.451 e. The molecule has 2 N–H and O–H groups in total. The van der Waals surface area contributed by atoms with Gasteiger partial charge in [-0.2, -0.15) is 4.72 Å². The van der Waals surface area contributed by atoms with Crippen molar-refractivity contribution < 1.29 is 27.1 Å². The normalized spacial score (nSPS) is 17.0. The molecule has 1 aliphatic carbocycles. The Hall–Kier alpha value is -2.00. The average molecular weight is 358 g/mol. The molecule has 1 aromatic rings.